The third-order valence-corrected chi connectivity index (χ3v) is 4.19. The minimum absolute atomic E-state index is 0.0135. The van der Waals surface area contributed by atoms with Crippen LogP contribution >= 0.6 is 0 Å². The van der Waals surface area contributed by atoms with Gasteiger partial charge in [-0.2, -0.15) is 0 Å². The number of benzene rings is 1. The topological polar surface area (TPSA) is 113 Å². The van der Waals surface area contributed by atoms with E-state index in [2.05, 4.69) is 15.3 Å². The van der Waals surface area contributed by atoms with Gasteiger partial charge in [0.05, 0.1) is 22.0 Å². The molecule has 3 rings (SSSR count). The highest BCUT2D eigenvalue weighted by Gasteiger charge is 2.32. The maximum absolute atomic E-state index is 12.3. The number of nitrogens with one attached hydrogen (secondary N) is 2. The Balaban J connectivity index is 1.65. The number of aromatic amines is 1. The number of non-ortho nitro benzene ring substituents is 1. The van der Waals surface area contributed by atoms with Crippen molar-refractivity contribution in [3.63, 3.8) is 0 Å². The first kappa shape index (κ1) is 18.0. The van der Waals surface area contributed by atoms with E-state index < -0.39 is 10.5 Å². The van der Waals surface area contributed by atoms with E-state index in [4.69, 9.17) is 4.74 Å². The predicted octanol–water partition coefficient (Wildman–Crippen LogP) is 3.28. The van der Waals surface area contributed by atoms with Crippen LogP contribution in [0.4, 0.5) is 16.4 Å². The first-order valence-electron chi connectivity index (χ1n) is 8.60. The van der Waals surface area contributed by atoms with Gasteiger partial charge in [0.25, 0.3) is 5.69 Å². The Morgan fingerprint density at radius 1 is 1.50 bits per heavy atom. The van der Waals surface area contributed by atoms with Gasteiger partial charge in [0.1, 0.15) is 5.60 Å². The molecule has 0 aliphatic carbocycles. The molecule has 9 heteroatoms. The van der Waals surface area contributed by atoms with Gasteiger partial charge < -0.3 is 19.9 Å². The van der Waals surface area contributed by atoms with E-state index >= 15 is 0 Å². The Bertz CT molecular complexity index is 826. The quantitative estimate of drug-likeness (QED) is 0.638. The van der Waals surface area contributed by atoms with Gasteiger partial charge >= 0.3 is 6.09 Å². The van der Waals surface area contributed by atoms with Crippen LogP contribution in [0.2, 0.25) is 0 Å². The minimum Gasteiger partial charge on any atom is -0.444 e. The predicted molar refractivity (Wildman–Crippen MR) is 97.2 cm³/mol. The zero-order valence-electron chi connectivity index (χ0n) is 15.1. The van der Waals surface area contributed by atoms with Crippen molar-refractivity contribution in [2.75, 3.05) is 18.4 Å². The van der Waals surface area contributed by atoms with Crippen LogP contribution in [0.15, 0.2) is 18.2 Å². The van der Waals surface area contributed by atoms with Crippen molar-refractivity contribution in [1.29, 1.82) is 0 Å². The lowest BCUT2D eigenvalue weighted by molar-refractivity contribution is -0.384. The van der Waals surface area contributed by atoms with Gasteiger partial charge in [-0.25, -0.2) is 9.78 Å². The first-order chi connectivity index (χ1) is 12.2. The standard InChI is InChI=1S/C17H23N5O4/c1-17(2,3)26-16(23)21-8-4-5-12(21)10-18-15-19-13-7-6-11(22(24)25)9-14(13)20-15/h6-7,9,12H,4-5,8,10H2,1-3H3,(H2,18,19,20)/t12-/m1/s1. The van der Waals surface area contributed by atoms with E-state index in [0.717, 1.165) is 12.8 Å². The maximum atomic E-state index is 12.3. The molecule has 2 heterocycles. The summed E-state index contributed by atoms with van der Waals surface area (Å²) >= 11 is 0. The monoisotopic (exact) mass is 361 g/mol. The normalized spacial score (nSPS) is 17.5. The van der Waals surface area contributed by atoms with E-state index in [1.165, 1.54) is 12.1 Å². The molecule has 0 radical (unpaired) electrons. The Labute approximate surface area is 150 Å². The van der Waals surface area contributed by atoms with Crippen LogP contribution in [0.25, 0.3) is 11.0 Å². The average Bonchev–Trinajstić information content (AvgIpc) is 3.16. The third kappa shape index (κ3) is 4.04. The number of hydrogen-bond donors (Lipinski definition) is 2. The van der Waals surface area contributed by atoms with Crippen molar-refractivity contribution in [3.8, 4) is 0 Å². The fourth-order valence-corrected chi connectivity index (χ4v) is 3.02. The number of likely N-dealkylation sites (tertiary alicyclic amines) is 1. The summed E-state index contributed by atoms with van der Waals surface area (Å²) in [6.07, 6.45) is 1.51. The number of hydrogen-bond acceptors (Lipinski definition) is 6. The molecule has 140 valence electrons. The first-order valence-corrected chi connectivity index (χ1v) is 8.60. The molecule has 0 unspecified atom stereocenters. The fraction of sp³-hybridized carbons (Fsp3) is 0.529. The SMILES string of the molecule is CC(C)(C)OC(=O)N1CCC[C@@H]1CNc1nc2ccc([N+](=O)[O-])cc2[nH]1. The second-order valence-corrected chi connectivity index (χ2v) is 7.39. The second-order valence-electron chi connectivity index (χ2n) is 7.39. The number of rotatable bonds is 4. The van der Waals surface area contributed by atoms with Crippen molar-refractivity contribution in [3.05, 3.63) is 28.3 Å². The Morgan fingerprint density at radius 3 is 2.96 bits per heavy atom. The number of carbonyl (C=O) groups is 1. The van der Waals surface area contributed by atoms with Crippen LogP contribution in [-0.2, 0) is 4.74 Å². The van der Waals surface area contributed by atoms with Crippen molar-refractivity contribution in [2.24, 2.45) is 0 Å². The maximum Gasteiger partial charge on any atom is 0.410 e. The van der Waals surface area contributed by atoms with Gasteiger partial charge in [-0.1, -0.05) is 0 Å². The number of anilines is 1. The van der Waals surface area contributed by atoms with Crippen LogP contribution in [0.1, 0.15) is 33.6 Å². The van der Waals surface area contributed by atoms with Gasteiger partial charge in [0.2, 0.25) is 5.95 Å². The van der Waals surface area contributed by atoms with Crippen molar-refractivity contribution >= 4 is 28.8 Å². The lowest BCUT2D eigenvalue weighted by Gasteiger charge is -2.28. The smallest absolute Gasteiger partial charge is 0.410 e. The summed E-state index contributed by atoms with van der Waals surface area (Å²) in [4.78, 5) is 31.9. The highest BCUT2D eigenvalue weighted by molar-refractivity contribution is 5.79. The molecular formula is C17H23N5O4. The van der Waals surface area contributed by atoms with Crippen LogP contribution < -0.4 is 5.32 Å². The van der Waals surface area contributed by atoms with Crippen LogP contribution in [0.3, 0.4) is 0 Å². The number of nitro groups is 1. The number of imidazole rings is 1. The van der Waals surface area contributed by atoms with Gasteiger partial charge in [-0.15, -0.1) is 0 Å². The largest absolute Gasteiger partial charge is 0.444 e. The van der Waals surface area contributed by atoms with Crippen LogP contribution in [0, 0.1) is 10.1 Å². The van der Waals surface area contributed by atoms with E-state index in [-0.39, 0.29) is 17.8 Å². The number of carbonyl (C=O) groups excluding carboxylic acids is 1. The molecule has 1 fully saturated rings. The number of aromatic nitrogens is 2. The van der Waals surface area contributed by atoms with Crippen LogP contribution in [-0.4, -0.2) is 50.6 Å². The van der Waals surface area contributed by atoms with Crippen LogP contribution in [0.5, 0.6) is 0 Å². The average molecular weight is 361 g/mol. The van der Waals surface area contributed by atoms with Gasteiger partial charge in [-0.05, 0) is 39.7 Å². The molecule has 1 saturated heterocycles. The Kier molecular flexibility index (Phi) is 4.71. The highest BCUT2D eigenvalue weighted by Crippen LogP contribution is 2.23. The van der Waals surface area contributed by atoms with E-state index in [1.54, 1.807) is 11.0 Å². The zero-order valence-corrected chi connectivity index (χ0v) is 15.1. The Hall–Kier alpha value is -2.84. The molecule has 1 aromatic heterocycles. The van der Waals surface area contributed by atoms with Crippen molar-refractivity contribution in [1.82, 2.24) is 14.9 Å². The Morgan fingerprint density at radius 2 is 2.27 bits per heavy atom. The lowest BCUT2D eigenvalue weighted by Crippen LogP contribution is -2.42. The summed E-state index contributed by atoms with van der Waals surface area (Å²) in [6.45, 7) is 6.75. The summed E-state index contributed by atoms with van der Waals surface area (Å²) in [5, 5.41) is 14.0. The van der Waals surface area contributed by atoms with E-state index in [1.807, 2.05) is 20.8 Å². The number of fused-ring (bicyclic) bond motifs is 1. The van der Waals surface area contributed by atoms with Gasteiger partial charge in [-0.3, -0.25) is 10.1 Å². The molecule has 1 aromatic carbocycles. The molecule has 26 heavy (non-hydrogen) atoms. The van der Waals surface area contributed by atoms with E-state index in [0.29, 0.717) is 30.1 Å². The number of nitro benzene ring substituents is 1. The number of H-pyrrole nitrogens is 1. The summed E-state index contributed by atoms with van der Waals surface area (Å²) in [7, 11) is 0. The molecule has 1 aliphatic heterocycles. The molecule has 0 bridgehead atoms. The molecule has 1 aliphatic rings. The molecule has 1 atom stereocenters. The lowest BCUT2D eigenvalue weighted by atomic mass is 10.2. The third-order valence-electron chi connectivity index (χ3n) is 4.19. The highest BCUT2D eigenvalue weighted by atomic mass is 16.6. The fourth-order valence-electron chi connectivity index (χ4n) is 3.02. The summed E-state index contributed by atoms with van der Waals surface area (Å²) in [5.74, 6) is 0.525. The zero-order chi connectivity index (χ0) is 18.9. The molecule has 1 amide bonds. The summed E-state index contributed by atoms with van der Waals surface area (Å²) < 4.78 is 5.46. The molecule has 0 saturated carbocycles. The van der Waals surface area contributed by atoms with Gasteiger partial charge in [0, 0.05) is 25.2 Å². The minimum atomic E-state index is -0.523. The van der Waals surface area contributed by atoms with Crippen molar-refractivity contribution in [2.45, 2.75) is 45.3 Å². The molecule has 9 nitrogen and oxygen atoms in total. The number of ether oxygens (including phenoxy) is 1. The molecular weight excluding hydrogens is 338 g/mol. The van der Waals surface area contributed by atoms with Gasteiger partial charge in [0.15, 0.2) is 0 Å². The van der Waals surface area contributed by atoms with Crippen molar-refractivity contribution < 1.29 is 14.5 Å². The molecule has 2 aromatic rings. The van der Waals surface area contributed by atoms with E-state index in [9.17, 15) is 14.9 Å². The number of nitrogens with zero attached hydrogens (tertiary/aromatic N) is 3. The summed E-state index contributed by atoms with van der Waals surface area (Å²) in [6, 6.07) is 4.51. The second kappa shape index (κ2) is 6.81. The number of amides is 1. The summed E-state index contributed by atoms with van der Waals surface area (Å²) in [5.41, 5.74) is 0.732. The molecule has 0 spiro atoms. The molecule has 2 N–H and O–H groups in total.